The van der Waals surface area contributed by atoms with Crippen LogP contribution in [-0.4, -0.2) is 36.5 Å². The fourth-order valence-electron chi connectivity index (χ4n) is 2.19. The minimum absolute atomic E-state index is 0.0141. The van der Waals surface area contributed by atoms with E-state index in [4.69, 9.17) is 22.1 Å². The van der Waals surface area contributed by atoms with E-state index in [-0.39, 0.29) is 18.6 Å². The molecule has 1 aromatic rings. The van der Waals surface area contributed by atoms with Crippen molar-refractivity contribution in [1.29, 1.82) is 0 Å². The lowest BCUT2D eigenvalue weighted by molar-refractivity contribution is -0.134. The average molecular weight is 269 g/mol. The molecular formula is C13H17ClN2O2. The van der Waals surface area contributed by atoms with E-state index in [0.717, 1.165) is 19.4 Å². The first-order valence-corrected chi connectivity index (χ1v) is 6.47. The molecule has 18 heavy (non-hydrogen) atoms. The Bertz CT molecular complexity index is 425. The van der Waals surface area contributed by atoms with Gasteiger partial charge in [-0.25, -0.2) is 0 Å². The first kappa shape index (κ1) is 13.2. The standard InChI is InChI=1S/C13H17ClN2O2/c14-11-5-1-2-6-12(11)18-9-13(17)16-7-3-4-10(16)8-15/h1-2,5-6,10H,3-4,7-9,15H2. The minimum atomic E-state index is -0.0251. The summed E-state index contributed by atoms with van der Waals surface area (Å²) in [6, 6.07) is 7.29. The van der Waals surface area contributed by atoms with Gasteiger partial charge in [0.25, 0.3) is 5.91 Å². The number of halogens is 1. The molecule has 1 aromatic carbocycles. The summed E-state index contributed by atoms with van der Waals surface area (Å²) in [7, 11) is 0. The Morgan fingerprint density at radius 1 is 1.50 bits per heavy atom. The van der Waals surface area contributed by atoms with Crippen molar-refractivity contribution < 1.29 is 9.53 Å². The first-order valence-electron chi connectivity index (χ1n) is 6.09. The number of carbonyl (C=O) groups is 1. The van der Waals surface area contributed by atoms with Crippen LogP contribution in [0.1, 0.15) is 12.8 Å². The molecule has 0 aromatic heterocycles. The summed E-state index contributed by atoms with van der Waals surface area (Å²) in [5.41, 5.74) is 5.64. The third-order valence-corrected chi connectivity index (χ3v) is 3.47. The predicted molar refractivity (Wildman–Crippen MR) is 70.7 cm³/mol. The number of nitrogens with zero attached hydrogens (tertiary/aromatic N) is 1. The maximum absolute atomic E-state index is 12.0. The van der Waals surface area contributed by atoms with Gasteiger partial charge >= 0.3 is 0 Å². The van der Waals surface area contributed by atoms with Crippen LogP contribution in [0.4, 0.5) is 0 Å². The van der Waals surface area contributed by atoms with Gasteiger partial charge in [0.2, 0.25) is 0 Å². The molecular weight excluding hydrogens is 252 g/mol. The molecule has 1 saturated heterocycles. The Hall–Kier alpha value is -1.26. The minimum Gasteiger partial charge on any atom is -0.482 e. The molecule has 1 heterocycles. The van der Waals surface area contributed by atoms with Crippen molar-refractivity contribution in [3.63, 3.8) is 0 Å². The molecule has 98 valence electrons. The Morgan fingerprint density at radius 3 is 3.00 bits per heavy atom. The van der Waals surface area contributed by atoms with Crippen molar-refractivity contribution in [2.45, 2.75) is 18.9 Å². The van der Waals surface area contributed by atoms with Crippen LogP contribution in [0.25, 0.3) is 0 Å². The van der Waals surface area contributed by atoms with E-state index in [1.165, 1.54) is 0 Å². The van der Waals surface area contributed by atoms with Crippen molar-refractivity contribution in [3.8, 4) is 5.75 Å². The molecule has 1 fully saturated rings. The molecule has 0 saturated carbocycles. The molecule has 0 aliphatic carbocycles. The number of para-hydroxylation sites is 1. The fraction of sp³-hybridized carbons (Fsp3) is 0.462. The predicted octanol–water partition coefficient (Wildman–Crippen LogP) is 1.67. The average Bonchev–Trinajstić information content (AvgIpc) is 2.86. The normalized spacial score (nSPS) is 19.0. The molecule has 0 spiro atoms. The molecule has 1 unspecified atom stereocenters. The van der Waals surface area contributed by atoms with Gasteiger partial charge in [0, 0.05) is 19.1 Å². The lowest BCUT2D eigenvalue weighted by atomic mass is 10.2. The number of ether oxygens (including phenoxy) is 1. The summed E-state index contributed by atoms with van der Waals surface area (Å²) in [6.45, 7) is 1.30. The number of hydrogen-bond donors (Lipinski definition) is 1. The lowest BCUT2D eigenvalue weighted by Gasteiger charge is -2.23. The molecule has 1 atom stereocenters. The second kappa shape index (κ2) is 6.07. The number of carbonyl (C=O) groups excluding carboxylic acids is 1. The number of likely N-dealkylation sites (tertiary alicyclic amines) is 1. The highest BCUT2D eigenvalue weighted by molar-refractivity contribution is 6.32. The van der Waals surface area contributed by atoms with Gasteiger partial charge in [0.05, 0.1) is 5.02 Å². The van der Waals surface area contributed by atoms with Crippen LogP contribution in [0.5, 0.6) is 5.75 Å². The first-order chi connectivity index (χ1) is 8.72. The second-order valence-electron chi connectivity index (χ2n) is 4.34. The van der Waals surface area contributed by atoms with Crippen LogP contribution in [-0.2, 0) is 4.79 Å². The lowest BCUT2D eigenvalue weighted by Crippen LogP contribution is -2.42. The van der Waals surface area contributed by atoms with Crippen LogP contribution in [0.15, 0.2) is 24.3 Å². The Morgan fingerprint density at radius 2 is 2.28 bits per heavy atom. The number of nitrogens with two attached hydrogens (primary N) is 1. The number of amides is 1. The van der Waals surface area contributed by atoms with Crippen molar-refractivity contribution in [1.82, 2.24) is 4.90 Å². The summed E-state index contributed by atoms with van der Waals surface area (Å²) in [5.74, 6) is 0.513. The third kappa shape index (κ3) is 2.94. The Labute approximate surface area is 112 Å². The zero-order valence-corrected chi connectivity index (χ0v) is 10.9. The van der Waals surface area contributed by atoms with E-state index in [1.807, 2.05) is 12.1 Å². The summed E-state index contributed by atoms with van der Waals surface area (Å²) in [5, 5.41) is 0.516. The molecule has 1 aliphatic heterocycles. The van der Waals surface area contributed by atoms with Crippen LogP contribution < -0.4 is 10.5 Å². The maximum Gasteiger partial charge on any atom is 0.260 e. The van der Waals surface area contributed by atoms with E-state index < -0.39 is 0 Å². The van der Waals surface area contributed by atoms with Crippen molar-refractivity contribution >= 4 is 17.5 Å². The Balaban J connectivity index is 1.90. The zero-order valence-electron chi connectivity index (χ0n) is 10.1. The van der Waals surface area contributed by atoms with Crippen molar-refractivity contribution in [2.24, 2.45) is 5.73 Å². The highest BCUT2D eigenvalue weighted by Gasteiger charge is 2.27. The van der Waals surface area contributed by atoms with Gasteiger partial charge in [0.15, 0.2) is 6.61 Å². The van der Waals surface area contributed by atoms with Crippen molar-refractivity contribution in [2.75, 3.05) is 19.7 Å². The van der Waals surface area contributed by atoms with Gasteiger partial charge in [-0.05, 0) is 25.0 Å². The number of benzene rings is 1. The second-order valence-corrected chi connectivity index (χ2v) is 4.75. The summed E-state index contributed by atoms with van der Waals surface area (Å²) < 4.78 is 5.44. The molecule has 2 rings (SSSR count). The molecule has 5 heteroatoms. The Kier molecular flexibility index (Phi) is 4.44. The molecule has 0 radical (unpaired) electrons. The van der Waals surface area contributed by atoms with E-state index in [1.54, 1.807) is 17.0 Å². The van der Waals surface area contributed by atoms with Gasteiger partial charge in [0.1, 0.15) is 5.75 Å². The molecule has 0 bridgehead atoms. The quantitative estimate of drug-likeness (QED) is 0.904. The van der Waals surface area contributed by atoms with E-state index in [0.29, 0.717) is 17.3 Å². The fourth-order valence-corrected chi connectivity index (χ4v) is 2.38. The smallest absolute Gasteiger partial charge is 0.260 e. The molecule has 4 nitrogen and oxygen atoms in total. The largest absolute Gasteiger partial charge is 0.482 e. The van der Waals surface area contributed by atoms with Crippen LogP contribution in [0, 0.1) is 0 Å². The zero-order chi connectivity index (χ0) is 13.0. The highest BCUT2D eigenvalue weighted by Crippen LogP contribution is 2.23. The molecule has 2 N–H and O–H groups in total. The SMILES string of the molecule is NCC1CCCN1C(=O)COc1ccccc1Cl. The van der Waals surface area contributed by atoms with Gasteiger partial charge in [-0.15, -0.1) is 0 Å². The van der Waals surface area contributed by atoms with Crippen LogP contribution in [0.2, 0.25) is 5.02 Å². The molecule has 1 aliphatic rings. The van der Waals surface area contributed by atoms with Gasteiger partial charge < -0.3 is 15.4 Å². The maximum atomic E-state index is 12.0. The summed E-state index contributed by atoms with van der Waals surface area (Å²) >= 11 is 5.95. The van der Waals surface area contributed by atoms with E-state index >= 15 is 0 Å². The monoisotopic (exact) mass is 268 g/mol. The van der Waals surface area contributed by atoms with Crippen LogP contribution >= 0.6 is 11.6 Å². The third-order valence-electron chi connectivity index (χ3n) is 3.16. The molecule has 1 amide bonds. The van der Waals surface area contributed by atoms with Gasteiger partial charge in [-0.3, -0.25) is 4.79 Å². The number of rotatable bonds is 4. The highest BCUT2D eigenvalue weighted by atomic mass is 35.5. The van der Waals surface area contributed by atoms with E-state index in [9.17, 15) is 4.79 Å². The number of hydrogen-bond acceptors (Lipinski definition) is 3. The van der Waals surface area contributed by atoms with Gasteiger partial charge in [-0.1, -0.05) is 23.7 Å². The topological polar surface area (TPSA) is 55.6 Å². The summed E-state index contributed by atoms with van der Waals surface area (Å²) in [4.78, 5) is 13.8. The van der Waals surface area contributed by atoms with Crippen molar-refractivity contribution in [3.05, 3.63) is 29.3 Å². The summed E-state index contributed by atoms with van der Waals surface area (Å²) in [6.07, 6.45) is 1.99. The van der Waals surface area contributed by atoms with Crippen LogP contribution in [0.3, 0.4) is 0 Å². The van der Waals surface area contributed by atoms with Gasteiger partial charge in [-0.2, -0.15) is 0 Å². The van der Waals surface area contributed by atoms with E-state index in [2.05, 4.69) is 0 Å².